The molecular formula is C18H23ClN4O3S. The fraction of sp³-hybridized carbons (Fsp3) is 0.444. The van der Waals surface area contributed by atoms with E-state index in [9.17, 15) is 13.2 Å². The van der Waals surface area contributed by atoms with Crippen molar-refractivity contribution in [2.24, 2.45) is 0 Å². The Balaban J connectivity index is 0.00000210. The number of halogens is 1. The number of hydrogen-bond donors (Lipinski definition) is 2. The van der Waals surface area contributed by atoms with Crippen LogP contribution in [0, 0.1) is 0 Å². The van der Waals surface area contributed by atoms with E-state index >= 15 is 0 Å². The number of fused-ring (bicyclic) bond motifs is 1. The smallest absolute Gasteiger partial charge is 0.272 e. The minimum Gasteiger partial charge on any atom is -0.344 e. The van der Waals surface area contributed by atoms with Crippen molar-refractivity contribution in [3.05, 3.63) is 47.8 Å². The number of amides is 1. The predicted molar refractivity (Wildman–Crippen MR) is 104 cm³/mol. The molecule has 2 unspecified atom stereocenters. The number of carbonyl (C=O) groups is 1. The zero-order valence-corrected chi connectivity index (χ0v) is 16.4. The predicted octanol–water partition coefficient (Wildman–Crippen LogP) is 1.88. The molecule has 0 bridgehead atoms. The molecule has 2 N–H and O–H groups in total. The maximum Gasteiger partial charge on any atom is 0.272 e. The van der Waals surface area contributed by atoms with Crippen molar-refractivity contribution in [3.8, 4) is 0 Å². The number of hydrogen-bond acceptors (Lipinski definition) is 5. The summed E-state index contributed by atoms with van der Waals surface area (Å²) >= 11 is 0. The highest BCUT2D eigenvalue weighted by Gasteiger charge is 2.31. The number of aromatic nitrogens is 2. The molecule has 0 radical (unpaired) electrons. The van der Waals surface area contributed by atoms with Crippen molar-refractivity contribution in [1.29, 1.82) is 0 Å². The third-order valence-electron chi connectivity index (χ3n) is 5.10. The molecule has 3 heterocycles. The lowest BCUT2D eigenvalue weighted by molar-refractivity contribution is 0.0928. The second-order valence-electron chi connectivity index (χ2n) is 6.85. The summed E-state index contributed by atoms with van der Waals surface area (Å²) in [4.78, 5) is 12.9. The third kappa shape index (κ3) is 4.02. The molecule has 2 aliphatic heterocycles. The first-order valence-electron chi connectivity index (χ1n) is 8.93. The number of piperidine rings is 1. The molecule has 1 aromatic heterocycles. The summed E-state index contributed by atoms with van der Waals surface area (Å²) in [7, 11) is -3.26. The lowest BCUT2D eigenvalue weighted by Gasteiger charge is -2.26. The highest BCUT2D eigenvalue weighted by Crippen LogP contribution is 2.32. The molecule has 9 heteroatoms. The Hall–Kier alpha value is -1.90. The molecule has 1 saturated heterocycles. The van der Waals surface area contributed by atoms with E-state index in [0.29, 0.717) is 22.6 Å². The number of rotatable bonds is 3. The largest absolute Gasteiger partial charge is 0.344 e. The molecule has 2 aromatic rings. The number of carbonyl (C=O) groups excluding carboxylic acids is 1. The second-order valence-corrected chi connectivity index (χ2v) is 8.93. The average molecular weight is 411 g/mol. The summed E-state index contributed by atoms with van der Waals surface area (Å²) in [6.07, 6.45) is 4.35. The Morgan fingerprint density at radius 1 is 1.22 bits per heavy atom. The Bertz CT molecular complexity index is 922. The quantitative estimate of drug-likeness (QED) is 0.805. The van der Waals surface area contributed by atoms with Gasteiger partial charge in [-0.2, -0.15) is 5.10 Å². The van der Waals surface area contributed by atoms with E-state index in [0.717, 1.165) is 25.9 Å². The monoisotopic (exact) mass is 410 g/mol. The fourth-order valence-corrected chi connectivity index (χ4v) is 5.32. The van der Waals surface area contributed by atoms with Crippen LogP contribution in [0.2, 0.25) is 0 Å². The summed E-state index contributed by atoms with van der Waals surface area (Å²) < 4.78 is 26.3. The fourth-order valence-electron chi connectivity index (χ4n) is 3.69. The van der Waals surface area contributed by atoms with E-state index in [-0.39, 0.29) is 36.2 Å². The van der Waals surface area contributed by atoms with Crippen molar-refractivity contribution in [1.82, 2.24) is 20.4 Å². The van der Waals surface area contributed by atoms with Crippen LogP contribution in [-0.2, 0) is 9.84 Å². The van der Waals surface area contributed by atoms with Gasteiger partial charge in [0.2, 0.25) is 0 Å². The highest BCUT2D eigenvalue weighted by atomic mass is 35.5. The maximum atomic E-state index is 12.6. The summed E-state index contributed by atoms with van der Waals surface area (Å²) in [5.74, 6) is -0.233. The van der Waals surface area contributed by atoms with Gasteiger partial charge < -0.3 is 10.6 Å². The van der Waals surface area contributed by atoms with Crippen LogP contribution in [0.25, 0.3) is 0 Å². The molecule has 0 saturated carbocycles. The Labute approximate surface area is 164 Å². The van der Waals surface area contributed by atoms with Crippen molar-refractivity contribution in [2.75, 3.05) is 18.8 Å². The molecule has 146 valence electrons. The molecular weight excluding hydrogens is 388 g/mol. The molecule has 1 aromatic carbocycles. The van der Waals surface area contributed by atoms with Gasteiger partial charge in [-0.05, 0) is 43.5 Å². The minimum atomic E-state index is -3.26. The minimum absolute atomic E-state index is 0. The second kappa shape index (κ2) is 8.00. The van der Waals surface area contributed by atoms with Crippen LogP contribution < -0.4 is 10.6 Å². The molecule has 2 atom stereocenters. The number of nitrogens with one attached hydrogen (secondary N) is 2. The first kappa shape index (κ1) is 19.9. The Morgan fingerprint density at radius 3 is 2.81 bits per heavy atom. The molecule has 7 nitrogen and oxygen atoms in total. The van der Waals surface area contributed by atoms with Gasteiger partial charge in [0.05, 0.1) is 22.7 Å². The van der Waals surface area contributed by atoms with E-state index in [1.54, 1.807) is 30.3 Å². The maximum absolute atomic E-state index is 12.6. The van der Waals surface area contributed by atoms with Crippen molar-refractivity contribution in [3.63, 3.8) is 0 Å². The molecule has 4 rings (SSSR count). The summed E-state index contributed by atoms with van der Waals surface area (Å²) in [5.41, 5.74) is 1.02. The molecule has 27 heavy (non-hydrogen) atoms. The van der Waals surface area contributed by atoms with Gasteiger partial charge in [-0.3, -0.25) is 9.48 Å². The number of sulfone groups is 1. The first-order chi connectivity index (χ1) is 12.5. The van der Waals surface area contributed by atoms with Crippen LogP contribution in [0.4, 0.5) is 0 Å². The zero-order chi connectivity index (χ0) is 18.1. The van der Waals surface area contributed by atoms with E-state index < -0.39 is 9.84 Å². The van der Waals surface area contributed by atoms with Gasteiger partial charge in [0.25, 0.3) is 5.91 Å². The molecule has 2 aliphatic rings. The Morgan fingerprint density at radius 2 is 2.04 bits per heavy atom. The Kier molecular flexibility index (Phi) is 5.88. The molecule has 0 spiro atoms. The highest BCUT2D eigenvalue weighted by molar-refractivity contribution is 7.91. The van der Waals surface area contributed by atoms with E-state index in [4.69, 9.17) is 0 Å². The molecule has 1 amide bonds. The van der Waals surface area contributed by atoms with Gasteiger partial charge in [0.1, 0.15) is 5.69 Å². The lowest BCUT2D eigenvalue weighted by Crippen LogP contribution is -2.34. The van der Waals surface area contributed by atoms with Crippen molar-refractivity contribution < 1.29 is 13.2 Å². The van der Waals surface area contributed by atoms with Gasteiger partial charge in [-0.1, -0.05) is 18.2 Å². The van der Waals surface area contributed by atoms with Gasteiger partial charge in [0, 0.05) is 12.7 Å². The van der Waals surface area contributed by atoms with Crippen LogP contribution in [0.1, 0.15) is 47.4 Å². The van der Waals surface area contributed by atoms with E-state index in [1.165, 1.54) is 0 Å². The normalized spacial score (nSPS) is 23.7. The first-order valence-corrected chi connectivity index (χ1v) is 10.6. The number of nitrogens with zero attached hydrogens (tertiary/aromatic N) is 2. The zero-order valence-electron chi connectivity index (χ0n) is 14.8. The van der Waals surface area contributed by atoms with Crippen molar-refractivity contribution >= 4 is 28.2 Å². The van der Waals surface area contributed by atoms with Gasteiger partial charge in [-0.25, -0.2) is 8.42 Å². The lowest BCUT2D eigenvalue weighted by atomic mass is 10.0. The van der Waals surface area contributed by atoms with Crippen LogP contribution in [-0.4, -0.2) is 42.9 Å². The number of benzene rings is 1. The standard InChI is InChI=1S/C18H22N4O3S.ClH/c23-18(16-7-10-22(21-16)13-4-3-9-19-12-13)20-15-8-11-26(24,25)17-6-2-1-5-14(15)17;/h1-2,5-7,10,13,15,19H,3-4,8-9,11-12H2,(H,20,23);1H. The van der Waals surface area contributed by atoms with Crippen LogP contribution >= 0.6 is 12.4 Å². The topological polar surface area (TPSA) is 93.1 Å². The molecule has 1 fully saturated rings. The van der Waals surface area contributed by atoms with Gasteiger partial charge in [0.15, 0.2) is 9.84 Å². The SMILES string of the molecule is Cl.O=C(NC1CCS(=O)(=O)c2ccccc21)c1ccn(C2CCCNC2)n1. The van der Waals surface area contributed by atoms with Crippen molar-refractivity contribution in [2.45, 2.75) is 36.2 Å². The molecule has 0 aliphatic carbocycles. The average Bonchev–Trinajstić information content (AvgIpc) is 3.15. The summed E-state index contributed by atoms with van der Waals surface area (Å²) in [6.45, 7) is 1.88. The van der Waals surface area contributed by atoms with E-state index in [2.05, 4.69) is 15.7 Å². The van der Waals surface area contributed by atoms with Gasteiger partial charge >= 0.3 is 0 Å². The van der Waals surface area contributed by atoms with Crippen LogP contribution in [0.15, 0.2) is 41.4 Å². The van der Waals surface area contributed by atoms with E-state index in [1.807, 2.05) is 10.9 Å². The third-order valence-corrected chi connectivity index (χ3v) is 6.91. The summed E-state index contributed by atoms with van der Waals surface area (Å²) in [5, 5.41) is 10.7. The summed E-state index contributed by atoms with van der Waals surface area (Å²) in [6, 6.07) is 8.55. The van der Waals surface area contributed by atoms with Gasteiger partial charge in [-0.15, -0.1) is 12.4 Å². The van der Waals surface area contributed by atoms with Crippen LogP contribution in [0.5, 0.6) is 0 Å². The van der Waals surface area contributed by atoms with Crippen LogP contribution in [0.3, 0.4) is 0 Å².